The summed E-state index contributed by atoms with van der Waals surface area (Å²) >= 11 is 0. The summed E-state index contributed by atoms with van der Waals surface area (Å²) in [5.41, 5.74) is 0. The fourth-order valence-corrected chi connectivity index (χ4v) is 0.884. The average Bonchev–Trinajstić information content (AvgIpc) is 1.98. The molecule has 0 aliphatic heterocycles. The fraction of sp³-hybridized carbons (Fsp3) is 0.400. The fourth-order valence-electron chi connectivity index (χ4n) is 0.493. The van der Waals surface area contributed by atoms with E-state index in [1.165, 1.54) is 0 Å². The van der Waals surface area contributed by atoms with Crippen LogP contribution >= 0.6 is 0 Å². The molecule has 0 atom stereocenters. The van der Waals surface area contributed by atoms with E-state index in [1.54, 1.807) is 0 Å². The van der Waals surface area contributed by atoms with E-state index in [0.717, 1.165) is 0 Å². The molecule has 0 aromatic rings. The SMILES string of the molecule is O=CCCC(=NS(=O)(=O)O)OC=O. The molecule has 0 bridgehead atoms. The van der Waals surface area contributed by atoms with Gasteiger partial charge >= 0.3 is 10.3 Å². The van der Waals surface area contributed by atoms with Crippen LogP contribution < -0.4 is 0 Å². The number of carbonyl (C=O) groups excluding carboxylic acids is 2. The molecule has 1 N–H and O–H groups in total. The van der Waals surface area contributed by atoms with Crippen LogP contribution in [0.25, 0.3) is 0 Å². The number of aldehydes is 1. The summed E-state index contributed by atoms with van der Waals surface area (Å²) in [5, 5.41) is 0. The third-order valence-electron chi connectivity index (χ3n) is 0.877. The van der Waals surface area contributed by atoms with E-state index >= 15 is 0 Å². The first-order valence-corrected chi connectivity index (χ1v) is 4.49. The standard InChI is InChI=1S/C5H7NO6S/c7-3-1-2-5(12-4-8)6-13(9,10)11/h3-4H,1-2H2,(H,9,10,11). The average molecular weight is 209 g/mol. The lowest BCUT2D eigenvalue weighted by atomic mass is 10.3. The highest BCUT2D eigenvalue weighted by molar-refractivity contribution is 7.84. The van der Waals surface area contributed by atoms with Crippen LogP contribution in [0, 0.1) is 0 Å². The van der Waals surface area contributed by atoms with E-state index in [-0.39, 0.29) is 19.3 Å². The van der Waals surface area contributed by atoms with Gasteiger partial charge in [-0.3, -0.25) is 9.35 Å². The van der Waals surface area contributed by atoms with E-state index in [1.807, 2.05) is 0 Å². The van der Waals surface area contributed by atoms with Crippen molar-refractivity contribution in [3.63, 3.8) is 0 Å². The number of ether oxygens (including phenoxy) is 1. The Hall–Kier alpha value is -1.28. The third kappa shape index (κ3) is 7.09. The van der Waals surface area contributed by atoms with Gasteiger partial charge in [0.1, 0.15) is 6.29 Å². The molecule has 0 aliphatic carbocycles. The molecule has 7 nitrogen and oxygen atoms in total. The number of hydrogen-bond donors (Lipinski definition) is 1. The minimum Gasteiger partial charge on any atom is -0.413 e. The summed E-state index contributed by atoms with van der Waals surface area (Å²) in [5.74, 6) is -0.524. The highest BCUT2D eigenvalue weighted by Crippen LogP contribution is 1.96. The highest BCUT2D eigenvalue weighted by atomic mass is 32.2. The molecule has 0 aromatic heterocycles. The maximum absolute atomic E-state index is 10.2. The van der Waals surface area contributed by atoms with Crippen molar-refractivity contribution in [3.8, 4) is 0 Å². The van der Waals surface area contributed by atoms with Crippen LogP contribution in [0.5, 0.6) is 0 Å². The van der Waals surface area contributed by atoms with E-state index in [9.17, 15) is 18.0 Å². The van der Waals surface area contributed by atoms with Crippen LogP contribution in [0.3, 0.4) is 0 Å². The second-order valence-electron chi connectivity index (χ2n) is 1.85. The molecule has 0 aromatic carbocycles. The maximum Gasteiger partial charge on any atom is 0.381 e. The van der Waals surface area contributed by atoms with Crippen molar-refractivity contribution < 1.29 is 27.3 Å². The summed E-state index contributed by atoms with van der Waals surface area (Å²) in [6, 6.07) is 0. The van der Waals surface area contributed by atoms with E-state index in [2.05, 4.69) is 9.13 Å². The lowest BCUT2D eigenvalue weighted by molar-refractivity contribution is -0.122. The van der Waals surface area contributed by atoms with Crippen LogP contribution in [0.4, 0.5) is 0 Å². The van der Waals surface area contributed by atoms with Crippen molar-refractivity contribution in [2.75, 3.05) is 0 Å². The Balaban J connectivity index is 4.49. The second-order valence-corrected chi connectivity index (χ2v) is 2.93. The first-order valence-electron chi connectivity index (χ1n) is 3.10. The van der Waals surface area contributed by atoms with Gasteiger partial charge in [0.05, 0.1) is 0 Å². The zero-order valence-corrected chi connectivity index (χ0v) is 7.23. The Morgan fingerprint density at radius 3 is 2.46 bits per heavy atom. The number of nitrogens with zero attached hydrogens (tertiary/aromatic N) is 1. The van der Waals surface area contributed by atoms with Gasteiger partial charge in [0, 0.05) is 12.8 Å². The van der Waals surface area contributed by atoms with Gasteiger partial charge in [0.25, 0.3) is 6.47 Å². The molecule has 0 heterocycles. The minimum atomic E-state index is -4.59. The largest absolute Gasteiger partial charge is 0.413 e. The molecule has 0 fully saturated rings. The Kier molecular flexibility index (Phi) is 4.85. The maximum atomic E-state index is 10.2. The Labute approximate surface area is 74.3 Å². The topological polar surface area (TPSA) is 110 Å². The molecule has 8 heteroatoms. The monoisotopic (exact) mass is 209 g/mol. The van der Waals surface area contributed by atoms with Crippen LogP contribution in [-0.2, 0) is 24.6 Å². The summed E-state index contributed by atoms with van der Waals surface area (Å²) in [6.45, 7) is -0.0468. The van der Waals surface area contributed by atoms with Crippen LogP contribution in [0.15, 0.2) is 4.40 Å². The van der Waals surface area contributed by atoms with Gasteiger partial charge in [0.2, 0.25) is 5.90 Å². The Morgan fingerprint density at radius 1 is 1.46 bits per heavy atom. The quantitative estimate of drug-likeness (QED) is 0.278. The highest BCUT2D eigenvalue weighted by Gasteiger charge is 2.06. The summed E-state index contributed by atoms with van der Waals surface area (Å²) in [7, 11) is -4.59. The molecule has 0 unspecified atom stereocenters. The predicted molar refractivity (Wildman–Crippen MR) is 41.4 cm³/mol. The smallest absolute Gasteiger partial charge is 0.381 e. The first-order chi connectivity index (χ1) is 5.99. The molecule has 0 rings (SSSR count). The van der Waals surface area contributed by atoms with Gasteiger partial charge in [-0.1, -0.05) is 0 Å². The molecule has 74 valence electrons. The van der Waals surface area contributed by atoms with Crippen LogP contribution in [0.1, 0.15) is 12.8 Å². The predicted octanol–water partition coefficient (Wildman–Crippen LogP) is -0.660. The van der Waals surface area contributed by atoms with Crippen molar-refractivity contribution in [3.05, 3.63) is 0 Å². The van der Waals surface area contributed by atoms with Gasteiger partial charge < -0.3 is 9.53 Å². The van der Waals surface area contributed by atoms with Crippen molar-refractivity contribution >= 4 is 29.0 Å². The van der Waals surface area contributed by atoms with Crippen molar-refractivity contribution in [1.82, 2.24) is 0 Å². The summed E-state index contributed by atoms with van der Waals surface area (Å²) in [6.07, 6.45) is 0.276. The molecule has 0 saturated heterocycles. The van der Waals surface area contributed by atoms with Crippen molar-refractivity contribution in [1.29, 1.82) is 0 Å². The normalized spacial score (nSPS) is 12.2. The molecule has 0 radical (unpaired) electrons. The number of hydrogen-bond acceptors (Lipinski definition) is 5. The zero-order valence-electron chi connectivity index (χ0n) is 6.41. The van der Waals surface area contributed by atoms with E-state index < -0.39 is 16.2 Å². The number of rotatable bonds is 5. The second kappa shape index (κ2) is 5.38. The minimum absolute atomic E-state index is 0.0468. The number of carbonyl (C=O) groups is 2. The van der Waals surface area contributed by atoms with Crippen LogP contribution in [-0.4, -0.2) is 31.6 Å². The van der Waals surface area contributed by atoms with E-state index in [4.69, 9.17) is 4.55 Å². The molecular weight excluding hydrogens is 202 g/mol. The van der Waals surface area contributed by atoms with Gasteiger partial charge in [-0.2, -0.15) is 8.42 Å². The lowest BCUT2D eigenvalue weighted by Gasteiger charge is -1.97. The van der Waals surface area contributed by atoms with Crippen LogP contribution in [0.2, 0.25) is 0 Å². The van der Waals surface area contributed by atoms with Gasteiger partial charge in [-0.15, -0.1) is 4.40 Å². The summed E-state index contributed by atoms with van der Waals surface area (Å²) < 4.78 is 35.3. The third-order valence-corrected chi connectivity index (χ3v) is 1.31. The van der Waals surface area contributed by atoms with E-state index in [0.29, 0.717) is 6.29 Å². The Bertz CT molecular complexity index is 305. The molecular formula is C5H7NO6S. The Morgan fingerprint density at radius 2 is 2.08 bits per heavy atom. The molecule has 0 aliphatic rings. The molecule has 0 saturated carbocycles. The molecule has 0 spiro atoms. The zero-order chi connectivity index (χ0) is 10.3. The van der Waals surface area contributed by atoms with Gasteiger partial charge in [-0.25, -0.2) is 0 Å². The van der Waals surface area contributed by atoms with Crippen molar-refractivity contribution in [2.24, 2.45) is 4.40 Å². The first kappa shape index (κ1) is 11.7. The summed E-state index contributed by atoms with van der Waals surface area (Å²) in [4.78, 5) is 19.7. The lowest BCUT2D eigenvalue weighted by Crippen LogP contribution is -2.07. The van der Waals surface area contributed by atoms with Gasteiger partial charge in [0.15, 0.2) is 0 Å². The van der Waals surface area contributed by atoms with Gasteiger partial charge in [-0.05, 0) is 0 Å². The molecule has 0 amide bonds. The molecule has 13 heavy (non-hydrogen) atoms. The van der Waals surface area contributed by atoms with Crippen molar-refractivity contribution in [2.45, 2.75) is 12.8 Å².